The third kappa shape index (κ3) is 5.11. The molecule has 0 bridgehead atoms. The van der Waals surface area contributed by atoms with Gasteiger partial charge in [-0.25, -0.2) is 0 Å². The van der Waals surface area contributed by atoms with E-state index in [0.29, 0.717) is 19.6 Å². The zero-order valence-corrected chi connectivity index (χ0v) is 13.9. The van der Waals surface area contributed by atoms with Crippen LogP contribution in [0.15, 0.2) is 48.5 Å². The summed E-state index contributed by atoms with van der Waals surface area (Å²) in [5, 5.41) is 0. The van der Waals surface area contributed by atoms with Gasteiger partial charge in [-0.1, -0.05) is 42.5 Å². The Bertz CT molecular complexity index is 638. The molecule has 0 heterocycles. The number of amides is 1. The maximum atomic E-state index is 11.8. The number of hydrogen-bond acceptors (Lipinski definition) is 3. The van der Waals surface area contributed by atoms with E-state index in [0.717, 1.165) is 22.4 Å². The third-order valence-corrected chi connectivity index (χ3v) is 3.57. The average Bonchev–Trinajstić information content (AvgIpc) is 2.56. The highest BCUT2D eigenvalue weighted by atomic mass is 16.5. The van der Waals surface area contributed by atoms with Crippen molar-refractivity contribution in [1.82, 2.24) is 4.90 Å². The summed E-state index contributed by atoms with van der Waals surface area (Å²) in [4.78, 5) is 13.4. The molecule has 0 aliphatic carbocycles. The van der Waals surface area contributed by atoms with Crippen molar-refractivity contribution in [3.63, 3.8) is 0 Å². The van der Waals surface area contributed by atoms with Gasteiger partial charge in [-0.05, 0) is 17.2 Å². The molecule has 1 amide bonds. The van der Waals surface area contributed by atoms with Gasteiger partial charge in [0.1, 0.15) is 5.75 Å². The van der Waals surface area contributed by atoms with Gasteiger partial charge in [-0.3, -0.25) is 4.79 Å². The number of hydrogen-bond donors (Lipinski definition) is 0. The molecule has 0 N–H and O–H groups in total. The number of rotatable bonds is 7. The van der Waals surface area contributed by atoms with Gasteiger partial charge in [0.15, 0.2) is 0 Å². The predicted octanol–water partition coefficient (Wildman–Crippen LogP) is 3.04. The van der Waals surface area contributed by atoms with E-state index in [9.17, 15) is 4.79 Å². The summed E-state index contributed by atoms with van der Waals surface area (Å²) in [6, 6.07) is 15.9. The van der Waals surface area contributed by atoms with E-state index < -0.39 is 0 Å². The molecule has 0 atom stereocenters. The highest BCUT2D eigenvalue weighted by Crippen LogP contribution is 2.22. The molecular formula is C19H23NO3. The van der Waals surface area contributed by atoms with E-state index in [-0.39, 0.29) is 5.91 Å². The summed E-state index contributed by atoms with van der Waals surface area (Å²) in [7, 11) is 5.12. The Kier molecular flexibility index (Phi) is 6.18. The normalized spacial score (nSPS) is 10.4. The van der Waals surface area contributed by atoms with Crippen LogP contribution < -0.4 is 4.74 Å². The zero-order valence-electron chi connectivity index (χ0n) is 13.9. The summed E-state index contributed by atoms with van der Waals surface area (Å²) in [6.45, 7) is 1.08. The number of benzene rings is 2. The van der Waals surface area contributed by atoms with Gasteiger partial charge >= 0.3 is 0 Å². The highest BCUT2D eigenvalue weighted by molar-refractivity contribution is 5.79. The molecule has 2 rings (SSSR count). The smallest absolute Gasteiger partial charge is 0.226 e. The summed E-state index contributed by atoms with van der Waals surface area (Å²) < 4.78 is 11.1. The van der Waals surface area contributed by atoms with Gasteiger partial charge in [-0.15, -0.1) is 0 Å². The molecule has 0 radical (unpaired) electrons. The van der Waals surface area contributed by atoms with Crippen LogP contribution in [0.4, 0.5) is 0 Å². The zero-order chi connectivity index (χ0) is 16.7. The second-order valence-electron chi connectivity index (χ2n) is 5.59. The van der Waals surface area contributed by atoms with Crippen molar-refractivity contribution in [3.05, 3.63) is 65.2 Å². The summed E-state index contributed by atoms with van der Waals surface area (Å²) in [5.74, 6) is 0.775. The molecular weight excluding hydrogens is 290 g/mol. The van der Waals surface area contributed by atoms with Gasteiger partial charge in [-0.2, -0.15) is 0 Å². The molecule has 0 aromatic heterocycles. The predicted molar refractivity (Wildman–Crippen MR) is 90.3 cm³/mol. The molecule has 0 spiro atoms. The Balaban J connectivity index is 1.97. The molecule has 4 nitrogen and oxygen atoms in total. The lowest BCUT2D eigenvalue weighted by molar-refractivity contribution is -0.127. The largest absolute Gasteiger partial charge is 0.496 e. The van der Waals surface area contributed by atoms with Gasteiger partial charge in [0, 0.05) is 19.7 Å². The minimum atomic E-state index is 0.0522. The molecule has 0 fully saturated rings. The van der Waals surface area contributed by atoms with Crippen molar-refractivity contribution in [2.75, 3.05) is 21.2 Å². The molecule has 2 aromatic carbocycles. The first-order valence-electron chi connectivity index (χ1n) is 7.57. The average molecular weight is 313 g/mol. The fraction of sp³-hybridized carbons (Fsp3) is 0.316. The Morgan fingerprint density at radius 2 is 1.70 bits per heavy atom. The van der Waals surface area contributed by atoms with E-state index in [4.69, 9.17) is 9.47 Å². The van der Waals surface area contributed by atoms with Crippen LogP contribution >= 0.6 is 0 Å². The van der Waals surface area contributed by atoms with Gasteiger partial charge < -0.3 is 14.4 Å². The standard InChI is InChI=1S/C19H23NO3/c1-20(2)19(21)12-17-10-9-16(11-18(17)22-3)14-23-13-15-7-5-4-6-8-15/h4-11H,12-14H2,1-3H3. The second-order valence-corrected chi connectivity index (χ2v) is 5.59. The maximum absolute atomic E-state index is 11.8. The molecule has 0 saturated heterocycles. The molecule has 0 unspecified atom stereocenters. The molecule has 0 saturated carbocycles. The Morgan fingerprint density at radius 1 is 1.00 bits per heavy atom. The van der Waals surface area contributed by atoms with Crippen molar-refractivity contribution >= 4 is 5.91 Å². The van der Waals surface area contributed by atoms with Crippen molar-refractivity contribution < 1.29 is 14.3 Å². The van der Waals surface area contributed by atoms with Crippen LogP contribution in [-0.2, 0) is 29.2 Å². The Labute approximate surface area is 137 Å². The molecule has 122 valence electrons. The number of carbonyl (C=O) groups is 1. The summed E-state index contributed by atoms with van der Waals surface area (Å²) in [5.41, 5.74) is 3.06. The van der Waals surface area contributed by atoms with Gasteiger partial charge in [0.2, 0.25) is 5.91 Å². The van der Waals surface area contributed by atoms with Crippen LogP contribution in [0.3, 0.4) is 0 Å². The first-order valence-corrected chi connectivity index (χ1v) is 7.57. The Hall–Kier alpha value is -2.33. The number of ether oxygens (including phenoxy) is 2. The van der Waals surface area contributed by atoms with Crippen molar-refractivity contribution in [2.24, 2.45) is 0 Å². The highest BCUT2D eigenvalue weighted by Gasteiger charge is 2.11. The molecule has 0 aliphatic rings. The van der Waals surface area contributed by atoms with Crippen LogP contribution in [-0.4, -0.2) is 32.0 Å². The summed E-state index contributed by atoms with van der Waals surface area (Å²) >= 11 is 0. The lowest BCUT2D eigenvalue weighted by Crippen LogP contribution is -2.23. The van der Waals surface area contributed by atoms with E-state index in [2.05, 4.69) is 0 Å². The number of carbonyl (C=O) groups excluding carboxylic acids is 1. The van der Waals surface area contributed by atoms with Crippen LogP contribution in [0.5, 0.6) is 5.75 Å². The fourth-order valence-corrected chi connectivity index (χ4v) is 2.21. The quantitative estimate of drug-likeness (QED) is 0.788. The first kappa shape index (κ1) is 17.0. The lowest BCUT2D eigenvalue weighted by Gasteiger charge is -2.14. The van der Waals surface area contributed by atoms with Gasteiger partial charge in [0.05, 0.1) is 26.7 Å². The van der Waals surface area contributed by atoms with E-state index in [1.807, 2.05) is 48.5 Å². The second kappa shape index (κ2) is 8.34. The lowest BCUT2D eigenvalue weighted by atomic mass is 10.1. The van der Waals surface area contributed by atoms with Crippen LogP contribution in [0.2, 0.25) is 0 Å². The number of likely N-dealkylation sites (N-methyl/N-ethyl adjacent to an activating group) is 1. The molecule has 2 aromatic rings. The van der Waals surface area contributed by atoms with Crippen molar-refractivity contribution in [3.8, 4) is 5.75 Å². The van der Waals surface area contributed by atoms with Gasteiger partial charge in [0.25, 0.3) is 0 Å². The first-order chi connectivity index (χ1) is 11.1. The maximum Gasteiger partial charge on any atom is 0.226 e. The SMILES string of the molecule is COc1cc(COCc2ccccc2)ccc1CC(=O)N(C)C. The van der Waals surface area contributed by atoms with Crippen LogP contribution in [0.25, 0.3) is 0 Å². The topological polar surface area (TPSA) is 38.8 Å². The molecule has 23 heavy (non-hydrogen) atoms. The van der Waals surface area contributed by atoms with Crippen LogP contribution in [0.1, 0.15) is 16.7 Å². The number of nitrogens with zero attached hydrogens (tertiary/aromatic N) is 1. The van der Waals surface area contributed by atoms with Crippen molar-refractivity contribution in [1.29, 1.82) is 0 Å². The van der Waals surface area contributed by atoms with E-state index in [1.54, 1.807) is 26.1 Å². The molecule has 0 aliphatic heterocycles. The van der Waals surface area contributed by atoms with E-state index >= 15 is 0 Å². The Morgan fingerprint density at radius 3 is 2.35 bits per heavy atom. The summed E-state index contributed by atoms with van der Waals surface area (Å²) in [6.07, 6.45) is 0.335. The number of methoxy groups -OCH3 is 1. The minimum Gasteiger partial charge on any atom is -0.496 e. The fourth-order valence-electron chi connectivity index (χ4n) is 2.21. The monoisotopic (exact) mass is 313 g/mol. The van der Waals surface area contributed by atoms with E-state index in [1.165, 1.54) is 0 Å². The minimum absolute atomic E-state index is 0.0522. The molecule has 4 heteroatoms. The van der Waals surface area contributed by atoms with Crippen LogP contribution in [0, 0.1) is 0 Å². The van der Waals surface area contributed by atoms with Crippen molar-refractivity contribution in [2.45, 2.75) is 19.6 Å². The third-order valence-electron chi connectivity index (χ3n) is 3.57.